The lowest BCUT2D eigenvalue weighted by Gasteiger charge is -2.09. The molecule has 2 amide bonds. The molecule has 122 valence electrons. The van der Waals surface area contributed by atoms with Crippen molar-refractivity contribution in [2.45, 2.75) is 9.92 Å². The Hall–Kier alpha value is -3.12. The lowest BCUT2D eigenvalue weighted by molar-refractivity contribution is 0.101. The van der Waals surface area contributed by atoms with E-state index in [1.807, 2.05) is 18.2 Å². The maximum atomic E-state index is 12.5. The number of carbonyl (C=O) groups excluding carboxylic acids is 2. The van der Waals surface area contributed by atoms with Crippen LogP contribution in [0.5, 0.6) is 0 Å². The summed E-state index contributed by atoms with van der Waals surface area (Å²) in [7, 11) is 0. The Bertz CT molecular complexity index is 973. The van der Waals surface area contributed by atoms with Crippen LogP contribution in [0.2, 0.25) is 0 Å². The zero-order valence-electron chi connectivity index (χ0n) is 13.0. The summed E-state index contributed by atoms with van der Waals surface area (Å²) in [6.45, 7) is 0. The number of nitrogens with zero attached hydrogens (tertiary/aromatic N) is 1. The van der Waals surface area contributed by atoms with Crippen molar-refractivity contribution in [2.24, 2.45) is 0 Å². The molecule has 1 aliphatic heterocycles. The Morgan fingerprint density at radius 1 is 1.04 bits per heavy atom. The Labute approximate surface area is 148 Å². The zero-order valence-corrected chi connectivity index (χ0v) is 13.8. The molecular weight excluding hydrogens is 334 g/mol. The third kappa shape index (κ3) is 3.12. The molecule has 4 rings (SSSR count). The van der Waals surface area contributed by atoms with Crippen molar-refractivity contribution in [3.63, 3.8) is 0 Å². The van der Waals surface area contributed by atoms with E-state index >= 15 is 0 Å². The van der Waals surface area contributed by atoms with Gasteiger partial charge < -0.3 is 10.6 Å². The molecule has 25 heavy (non-hydrogen) atoms. The van der Waals surface area contributed by atoms with Crippen molar-refractivity contribution >= 4 is 35.0 Å². The van der Waals surface area contributed by atoms with Crippen LogP contribution in [0.4, 0.5) is 11.4 Å². The highest BCUT2D eigenvalue weighted by Crippen LogP contribution is 2.37. The van der Waals surface area contributed by atoms with Crippen LogP contribution < -0.4 is 10.6 Å². The molecule has 0 aliphatic carbocycles. The van der Waals surface area contributed by atoms with E-state index in [-0.39, 0.29) is 11.8 Å². The van der Waals surface area contributed by atoms with E-state index in [0.717, 1.165) is 9.92 Å². The van der Waals surface area contributed by atoms with Gasteiger partial charge >= 0.3 is 0 Å². The molecule has 0 unspecified atom stereocenters. The largest absolute Gasteiger partial charge is 0.322 e. The number of hydrogen-bond acceptors (Lipinski definition) is 4. The predicted octanol–water partition coefficient (Wildman–Crippen LogP) is 4.05. The molecule has 0 bridgehead atoms. The average Bonchev–Trinajstić information content (AvgIpc) is 2.78. The van der Waals surface area contributed by atoms with Gasteiger partial charge in [-0.2, -0.15) is 0 Å². The van der Waals surface area contributed by atoms with E-state index in [4.69, 9.17) is 0 Å². The summed E-state index contributed by atoms with van der Waals surface area (Å²) >= 11 is 1.42. The van der Waals surface area contributed by atoms with Crippen LogP contribution in [0.1, 0.15) is 20.7 Å². The van der Waals surface area contributed by atoms with Gasteiger partial charge in [-0.25, -0.2) is 4.98 Å². The van der Waals surface area contributed by atoms with Crippen molar-refractivity contribution in [2.75, 3.05) is 10.6 Å². The number of aromatic nitrogens is 1. The van der Waals surface area contributed by atoms with Crippen molar-refractivity contribution in [1.82, 2.24) is 4.98 Å². The van der Waals surface area contributed by atoms with Crippen LogP contribution in [0, 0.1) is 0 Å². The standard InChI is InChI=1S/C19H13N3O2S/c23-17(12-5-2-1-3-6-12)21-13-8-9-16-14(11-13)18(24)22-15-7-4-10-20-19(15)25-16/h1-11H,(H,21,23)(H,22,24). The third-order valence-corrected chi connectivity index (χ3v) is 4.84. The van der Waals surface area contributed by atoms with Crippen LogP contribution in [0.3, 0.4) is 0 Å². The highest BCUT2D eigenvalue weighted by molar-refractivity contribution is 7.99. The first kappa shape index (κ1) is 15.4. The second-order valence-corrected chi connectivity index (χ2v) is 6.47. The fourth-order valence-electron chi connectivity index (χ4n) is 2.53. The first-order valence-electron chi connectivity index (χ1n) is 7.65. The number of nitrogens with one attached hydrogen (secondary N) is 2. The Kier molecular flexibility index (Phi) is 3.95. The maximum absolute atomic E-state index is 12.5. The predicted molar refractivity (Wildman–Crippen MR) is 97.2 cm³/mol. The number of benzene rings is 2. The van der Waals surface area contributed by atoms with Crippen LogP contribution in [0.15, 0.2) is 76.8 Å². The van der Waals surface area contributed by atoms with Gasteiger partial charge in [-0.1, -0.05) is 30.0 Å². The van der Waals surface area contributed by atoms with E-state index in [1.54, 1.807) is 48.7 Å². The van der Waals surface area contributed by atoms with Gasteiger partial charge in [0.1, 0.15) is 5.03 Å². The summed E-state index contributed by atoms with van der Waals surface area (Å²) in [6.07, 6.45) is 1.69. The van der Waals surface area contributed by atoms with Crippen LogP contribution in [-0.4, -0.2) is 16.8 Å². The van der Waals surface area contributed by atoms with Crippen LogP contribution >= 0.6 is 11.8 Å². The molecule has 0 fully saturated rings. The fraction of sp³-hybridized carbons (Fsp3) is 0. The smallest absolute Gasteiger partial charge is 0.256 e. The molecule has 0 saturated carbocycles. The summed E-state index contributed by atoms with van der Waals surface area (Å²) in [6, 6.07) is 17.8. The van der Waals surface area contributed by atoms with E-state index in [0.29, 0.717) is 22.5 Å². The fourth-order valence-corrected chi connectivity index (χ4v) is 3.48. The maximum Gasteiger partial charge on any atom is 0.256 e. The summed E-state index contributed by atoms with van der Waals surface area (Å²) < 4.78 is 0. The number of pyridine rings is 1. The first-order valence-corrected chi connectivity index (χ1v) is 8.47. The van der Waals surface area contributed by atoms with Crippen molar-refractivity contribution in [1.29, 1.82) is 0 Å². The second kappa shape index (κ2) is 6.41. The molecule has 6 heteroatoms. The van der Waals surface area contributed by atoms with E-state index < -0.39 is 0 Å². The van der Waals surface area contributed by atoms with Gasteiger partial charge in [0.2, 0.25) is 0 Å². The molecule has 0 spiro atoms. The Balaban J connectivity index is 1.63. The molecule has 1 aromatic heterocycles. The second-order valence-electron chi connectivity index (χ2n) is 5.44. The number of carbonyl (C=O) groups is 2. The minimum absolute atomic E-state index is 0.216. The number of fused-ring (bicyclic) bond motifs is 2. The van der Waals surface area contributed by atoms with Crippen molar-refractivity contribution in [3.8, 4) is 0 Å². The molecule has 0 saturated heterocycles. The minimum atomic E-state index is -0.218. The SMILES string of the molecule is O=C(Nc1ccc2c(c1)C(=O)Nc1cccnc1S2)c1ccccc1. The van der Waals surface area contributed by atoms with Gasteiger partial charge in [0.15, 0.2) is 0 Å². The van der Waals surface area contributed by atoms with E-state index in [2.05, 4.69) is 15.6 Å². The topological polar surface area (TPSA) is 71.1 Å². The van der Waals surface area contributed by atoms with Crippen molar-refractivity contribution < 1.29 is 9.59 Å². The van der Waals surface area contributed by atoms with Gasteiger partial charge in [-0.3, -0.25) is 9.59 Å². The normalized spacial score (nSPS) is 12.4. The van der Waals surface area contributed by atoms with E-state index in [9.17, 15) is 9.59 Å². The van der Waals surface area contributed by atoms with Crippen LogP contribution in [-0.2, 0) is 0 Å². The van der Waals surface area contributed by atoms with Gasteiger partial charge in [-0.05, 0) is 42.5 Å². The lowest BCUT2D eigenvalue weighted by Crippen LogP contribution is -2.14. The number of rotatable bonds is 2. The average molecular weight is 347 g/mol. The zero-order chi connectivity index (χ0) is 17.2. The summed E-state index contributed by atoms with van der Waals surface area (Å²) in [5.41, 5.74) is 2.33. The molecule has 0 atom stereocenters. The minimum Gasteiger partial charge on any atom is -0.322 e. The number of anilines is 2. The summed E-state index contributed by atoms with van der Waals surface area (Å²) in [5.74, 6) is -0.433. The third-order valence-electron chi connectivity index (χ3n) is 3.74. The summed E-state index contributed by atoms with van der Waals surface area (Å²) in [4.78, 5) is 29.9. The van der Waals surface area contributed by atoms with Gasteiger partial charge in [0, 0.05) is 22.3 Å². The first-order chi connectivity index (χ1) is 12.2. The molecule has 0 radical (unpaired) electrons. The lowest BCUT2D eigenvalue weighted by atomic mass is 10.1. The molecule has 1 aliphatic rings. The van der Waals surface area contributed by atoms with E-state index in [1.165, 1.54) is 11.8 Å². The highest BCUT2D eigenvalue weighted by atomic mass is 32.2. The molecule has 3 aromatic rings. The molecule has 2 N–H and O–H groups in total. The van der Waals surface area contributed by atoms with Crippen molar-refractivity contribution in [3.05, 3.63) is 78.0 Å². The van der Waals surface area contributed by atoms with Gasteiger partial charge in [-0.15, -0.1) is 0 Å². The van der Waals surface area contributed by atoms with Crippen LogP contribution in [0.25, 0.3) is 0 Å². The quantitative estimate of drug-likeness (QED) is 0.734. The molecule has 5 nitrogen and oxygen atoms in total. The van der Waals surface area contributed by atoms with Gasteiger partial charge in [0.05, 0.1) is 11.3 Å². The number of amides is 2. The molecule has 2 aromatic carbocycles. The Morgan fingerprint density at radius 3 is 2.72 bits per heavy atom. The summed E-state index contributed by atoms with van der Waals surface area (Å²) in [5, 5.41) is 6.43. The van der Waals surface area contributed by atoms with Gasteiger partial charge in [0.25, 0.3) is 11.8 Å². The Morgan fingerprint density at radius 2 is 1.88 bits per heavy atom. The molecular formula is C19H13N3O2S. The highest BCUT2D eigenvalue weighted by Gasteiger charge is 2.21. The molecule has 2 heterocycles. The monoisotopic (exact) mass is 347 g/mol. The number of hydrogen-bond donors (Lipinski definition) is 2.